The van der Waals surface area contributed by atoms with E-state index in [1.807, 2.05) is 42.6 Å². The molecule has 0 spiro atoms. The number of benzene rings is 4. The average molecular weight is 510 g/mol. The summed E-state index contributed by atoms with van der Waals surface area (Å²) in [6, 6.07) is 30.7. The quantitative estimate of drug-likeness (QED) is 0.260. The summed E-state index contributed by atoms with van der Waals surface area (Å²) in [6.45, 7) is 0.395. The van der Waals surface area contributed by atoms with E-state index in [0.29, 0.717) is 17.8 Å². The second kappa shape index (κ2) is 9.15. The second-order valence-electron chi connectivity index (χ2n) is 9.40. The van der Waals surface area contributed by atoms with Gasteiger partial charge in [0, 0.05) is 39.3 Å². The molecular formula is C32H23N5O2. The Balaban J connectivity index is 1.43. The Morgan fingerprint density at radius 1 is 0.897 bits per heavy atom. The van der Waals surface area contributed by atoms with Gasteiger partial charge in [0.1, 0.15) is 6.26 Å². The first-order valence-electron chi connectivity index (χ1n) is 12.6. The molecule has 39 heavy (non-hydrogen) atoms. The molecule has 0 aliphatic rings. The Kier molecular flexibility index (Phi) is 5.33. The third-order valence-electron chi connectivity index (χ3n) is 7.07. The minimum Gasteiger partial charge on any atom is -0.451 e. The summed E-state index contributed by atoms with van der Waals surface area (Å²) in [4.78, 5) is 21.1. The lowest BCUT2D eigenvalue weighted by molar-refractivity contribution is 0.100. The van der Waals surface area contributed by atoms with Crippen LogP contribution in [0.5, 0.6) is 0 Å². The summed E-state index contributed by atoms with van der Waals surface area (Å²) in [5.74, 6) is -0.502. The van der Waals surface area contributed by atoms with Gasteiger partial charge in [-0.2, -0.15) is 0 Å². The highest BCUT2D eigenvalue weighted by molar-refractivity contribution is 6.16. The molecule has 0 unspecified atom stereocenters. The number of carbonyl (C=O) groups is 1. The monoisotopic (exact) mass is 509 g/mol. The minimum absolute atomic E-state index is 0.395. The van der Waals surface area contributed by atoms with E-state index in [2.05, 4.69) is 63.4 Å². The molecule has 7 rings (SSSR count). The van der Waals surface area contributed by atoms with Crippen molar-refractivity contribution in [1.82, 2.24) is 14.5 Å². The maximum Gasteiger partial charge on any atom is 0.250 e. The highest BCUT2D eigenvalue weighted by atomic mass is 16.3. The van der Waals surface area contributed by atoms with Gasteiger partial charge in [0.15, 0.2) is 6.39 Å². The van der Waals surface area contributed by atoms with Crippen molar-refractivity contribution in [3.05, 3.63) is 121 Å². The van der Waals surface area contributed by atoms with Crippen molar-refractivity contribution in [2.75, 3.05) is 5.32 Å². The van der Waals surface area contributed by atoms with Gasteiger partial charge >= 0.3 is 0 Å². The van der Waals surface area contributed by atoms with Crippen LogP contribution in [0.15, 0.2) is 114 Å². The lowest BCUT2D eigenvalue weighted by Gasteiger charge is -2.14. The van der Waals surface area contributed by atoms with E-state index in [4.69, 9.17) is 15.1 Å². The zero-order valence-corrected chi connectivity index (χ0v) is 20.8. The number of rotatable bonds is 6. The second-order valence-corrected chi connectivity index (χ2v) is 9.40. The number of aromatic nitrogens is 3. The van der Waals surface area contributed by atoms with Crippen LogP contribution in [0.2, 0.25) is 0 Å². The average Bonchev–Trinajstić information content (AvgIpc) is 3.62. The van der Waals surface area contributed by atoms with Gasteiger partial charge in [-0.15, -0.1) is 0 Å². The van der Waals surface area contributed by atoms with E-state index < -0.39 is 5.91 Å². The molecule has 0 saturated carbocycles. The van der Waals surface area contributed by atoms with E-state index in [1.165, 1.54) is 6.39 Å². The van der Waals surface area contributed by atoms with Crippen LogP contribution in [-0.4, -0.2) is 20.4 Å². The Labute approximate surface area is 223 Å². The van der Waals surface area contributed by atoms with Gasteiger partial charge in [-0.25, -0.2) is 4.98 Å². The summed E-state index contributed by atoms with van der Waals surface area (Å²) < 4.78 is 7.30. The molecule has 1 amide bonds. The molecule has 3 aromatic heterocycles. The smallest absolute Gasteiger partial charge is 0.250 e. The summed E-state index contributed by atoms with van der Waals surface area (Å²) >= 11 is 0. The molecule has 7 heteroatoms. The number of anilines is 1. The number of primary amides is 1. The van der Waals surface area contributed by atoms with Gasteiger partial charge in [-0.05, 0) is 48.0 Å². The number of hydrogen-bond donors (Lipinski definition) is 2. The van der Waals surface area contributed by atoms with Crippen LogP contribution >= 0.6 is 0 Å². The molecule has 0 aliphatic heterocycles. The molecule has 4 aromatic carbocycles. The number of carbonyl (C=O) groups excluding carboxylic acids is 1. The first-order valence-corrected chi connectivity index (χ1v) is 12.6. The Bertz CT molecular complexity index is 2010. The molecule has 0 fully saturated rings. The summed E-state index contributed by atoms with van der Waals surface area (Å²) in [6.07, 6.45) is 4.89. The van der Waals surface area contributed by atoms with Crippen molar-refractivity contribution in [3.8, 4) is 16.8 Å². The zero-order chi connectivity index (χ0) is 26.3. The fourth-order valence-electron chi connectivity index (χ4n) is 5.30. The number of hydrogen-bond acceptors (Lipinski definition) is 5. The van der Waals surface area contributed by atoms with Crippen LogP contribution in [0.25, 0.3) is 49.5 Å². The molecule has 7 aromatic rings. The van der Waals surface area contributed by atoms with E-state index in [1.54, 1.807) is 12.3 Å². The van der Waals surface area contributed by atoms with Crippen molar-refractivity contribution >= 4 is 44.3 Å². The zero-order valence-electron chi connectivity index (χ0n) is 20.8. The van der Waals surface area contributed by atoms with Crippen LogP contribution in [-0.2, 0) is 6.54 Å². The third kappa shape index (κ3) is 3.88. The van der Waals surface area contributed by atoms with Gasteiger partial charge in [-0.3, -0.25) is 9.78 Å². The predicted octanol–water partition coefficient (Wildman–Crippen LogP) is 6.70. The normalized spacial score (nSPS) is 11.4. The van der Waals surface area contributed by atoms with E-state index in [-0.39, 0.29) is 0 Å². The number of nitrogens with two attached hydrogens (primary N) is 1. The topological polar surface area (TPSA) is 99.0 Å². The molecule has 0 bridgehead atoms. The van der Waals surface area contributed by atoms with E-state index in [0.717, 1.165) is 55.2 Å². The molecular weight excluding hydrogens is 486 g/mol. The number of nitrogens with one attached hydrogen (secondary N) is 1. The lowest BCUT2D eigenvalue weighted by Crippen LogP contribution is -2.15. The Hall–Kier alpha value is -5.43. The third-order valence-corrected chi connectivity index (χ3v) is 7.07. The van der Waals surface area contributed by atoms with Crippen LogP contribution in [0.3, 0.4) is 0 Å². The molecule has 0 saturated heterocycles. The fraction of sp³-hybridized carbons (Fsp3) is 0.0312. The largest absolute Gasteiger partial charge is 0.451 e. The number of oxazole rings is 1. The molecule has 188 valence electrons. The lowest BCUT2D eigenvalue weighted by atomic mass is 9.99. The SMILES string of the molecule is NC(=O)c1ccc(-n2c3ccccc3c3c(-c4cnc5ccccc5c4)cccc32)cc1NCc1cocn1. The molecule has 0 atom stereocenters. The van der Waals surface area contributed by atoms with Crippen LogP contribution in [0.4, 0.5) is 5.69 Å². The van der Waals surface area contributed by atoms with Gasteiger partial charge in [0.2, 0.25) is 0 Å². The fourth-order valence-corrected chi connectivity index (χ4v) is 5.30. The van der Waals surface area contributed by atoms with Crippen LogP contribution in [0, 0.1) is 0 Å². The summed E-state index contributed by atoms with van der Waals surface area (Å²) in [5.41, 5.74) is 13.6. The van der Waals surface area contributed by atoms with Gasteiger partial charge in [-0.1, -0.05) is 48.5 Å². The Morgan fingerprint density at radius 3 is 2.62 bits per heavy atom. The molecule has 3 heterocycles. The number of amides is 1. The molecule has 7 nitrogen and oxygen atoms in total. The summed E-state index contributed by atoms with van der Waals surface area (Å²) in [7, 11) is 0. The van der Waals surface area contributed by atoms with Crippen molar-refractivity contribution in [1.29, 1.82) is 0 Å². The predicted molar refractivity (Wildman–Crippen MR) is 154 cm³/mol. The first kappa shape index (κ1) is 22.7. The van der Waals surface area contributed by atoms with Crippen molar-refractivity contribution in [2.45, 2.75) is 6.54 Å². The molecule has 0 aliphatic carbocycles. The standard InChI is InChI=1S/C32H23N5O2/c33-32(38)25-13-12-23(15-28(25)35-17-22-18-39-19-36-22)37-29-10-4-2-7-26(29)31-24(8-5-11-30(31)37)21-14-20-6-1-3-9-27(20)34-16-21/h1-16,18-19,35H,17H2,(H2,33,38). The Morgan fingerprint density at radius 2 is 1.74 bits per heavy atom. The molecule has 0 radical (unpaired) electrons. The van der Waals surface area contributed by atoms with Crippen molar-refractivity contribution in [2.24, 2.45) is 5.73 Å². The van der Waals surface area contributed by atoms with Gasteiger partial charge < -0.3 is 20.0 Å². The minimum atomic E-state index is -0.502. The van der Waals surface area contributed by atoms with Gasteiger partial charge in [0.05, 0.1) is 34.4 Å². The number of pyridine rings is 1. The number of para-hydroxylation sites is 2. The van der Waals surface area contributed by atoms with Crippen LogP contribution < -0.4 is 11.1 Å². The maximum absolute atomic E-state index is 12.2. The highest BCUT2D eigenvalue weighted by Crippen LogP contribution is 2.39. The number of fused-ring (bicyclic) bond motifs is 4. The van der Waals surface area contributed by atoms with Gasteiger partial charge in [0.25, 0.3) is 5.91 Å². The maximum atomic E-state index is 12.2. The van der Waals surface area contributed by atoms with E-state index in [9.17, 15) is 4.79 Å². The van der Waals surface area contributed by atoms with Crippen molar-refractivity contribution < 1.29 is 9.21 Å². The number of nitrogens with zero attached hydrogens (tertiary/aromatic N) is 3. The molecule has 3 N–H and O–H groups in total. The van der Waals surface area contributed by atoms with Crippen molar-refractivity contribution in [3.63, 3.8) is 0 Å². The summed E-state index contributed by atoms with van der Waals surface area (Å²) in [5, 5.41) is 6.67. The highest BCUT2D eigenvalue weighted by Gasteiger charge is 2.18. The van der Waals surface area contributed by atoms with Crippen LogP contribution in [0.1, 0.15) is 16.1 Å². The first-order chi connectivity index (χ1) is 19.2. The van der Waals surface area contributed by atoms with E-state index >= 15 is 0 Å².